The summed E-state index contributed by atoms with van der Waals surface area (Å²) in [6.45, 7) is 4.80. The first-order chi connectivity index (χ1) is 9.26. The van der Waals surface area contributed by atoms with Crippen LogP contribution in [0.4, 0.5) is 5.82 Å². The van der Waals surface area contributed by atoms with E-state index in [1.165, 1.54) is 6.33 Å². The highest BCUT2D eigenvalue weighted by Crippen LogP contribution is 2.32. The van der Waals surface area contributed by atoms with E-state index >= 15 is 0 Å². The Morgan fingerprint density at radius 2 is 2.05 bits per heavy atom. The molecule has 4 nitrogen and oxygen atoms in total. The molecule has 1 aromatic carbocycles. The van der Waals surface area contributed by atoms with Gasteiger partial charge in [0.2, 0.25) is 5.88 Å². The van der Waals surface area contributed by atoms with Crippen LogP contribution in [0.3, 0.4) is 0 Å². The Morgan fingerprint density at radius 1 is 1.26 bits per heavy atom. The summed E-state index contributed by atoms with van der Waals surface area (Å²) in [4.78, 5) is 9.50. The van der Waals surface area contributed by atoms with E-state index in [1.807, 2.05) is 44.4 Å². The molecule has 0 aliphatic heterocycles. The van der Waals surface area contributed by atoms with Crippen LogP contribution in [0.2, 0.25) is 0 Å². The van der Waals surface area contributed by atoms with Gasteiger partial charge in [-0.3, -0.25) is 0 Å². The van der Waals surface area contributed by atoms with Crippen molar-refractivity contribution in [3.8, 4) is 11.6 Å². The molecule has 2 aromatic rings. The topological polar surface area (TPSA) is 47.0 Å². The molecule has 19 heavy (non-hydrogen) atoms. The summed E-state index contributed by atoms with van der Waals surface area (Å²) in [6.07, 6.45) is 3.54. The average molecular weight is 275 g/mol. The molecule has 0 aliphatic rings. The Balaban J connectivity index is 2.30. The monoisotopic (exact) mass is 275 g/mol. The van der Waals surface area contributed by atoms with Crippen molar-refractivity contribution in [3.63, 3.8) is 0 Å². The number of para-hydroxylation sites is 1. The largest absolute Gasteiger partial charge is 0.437 e. The fourth-order valence-electron chi connectivity index (χ4n) is 1.69. The first-order valence-corrected chi connectivity index (χ1v) is 7.35. The Hall–Kier alpha value is -1.75. The Kier molecular flexibility index (Phi) is 4.63. The number of thioether (sulfide) groups is 1. The number of hydrogen-bond acceptors (Lipinski definition) is 5. The van der Waals surface area contributed by atoms with E-state index in [1.54, 1.807) is 11.8 Å². The zero-order valence-corrected chi connectivity index (χ0v) is 12.1. The van der Waals surface area contributed by atoms with Crippen LogP contribution in [-0.4, -0.2) is 22.8 Å². The van der Waals surface area contributed by atoms with Gasteiger partial charge in [0.1, 0.15) is 17.9 Å². The summed E-state index contributed by atoms with van der Waals surface area (Å²) >= 11 is 1.65. The summed E-state index contributed by atoms with van der Waals surface area (Å²) in [7, 11) is 0. The predicted octanol–water partition coefficient (Wildman–Crippen LogP) is 3.73. The maximum absolute atomic E-state index is 5.91. The first kappa shape index (κ1) is 13.7. The maximum Gasteiger partial charge on any atom is 0.227 e. The lowest BCUT2D eigenvalue weighted by Gasteiger charge is -2.12. The summed E-state index contributed by atoms with van der Waals surface area (Å²) in [5.74, 6) is 2.22. The van der Waals surface area contributed by atoms with E-state index in [4.69, 9.17) is 4.74 Å². The van der Waals surface area contributed by atoms with Crippen LogP contribution in [0, 0.1) is 6.92 Å². The summed E-state index contributed by atoms with van der Waals surface area (Å²) < 4.78 is 5.91. The normalized spacial score (nSPS) is 10.3. The van der Waals surface area contributed by atoms with Crippen LogP contribution in [0.25, 0.3) is 0 Å². The molecule has 0 radical (unpaired) electrons. The third-order valence-corrected chi connectivity index (χ3v) is 3.43. The Bertz CT molecular complexity index is 560. The second-order valence-electron chi connectivity index (χ2n) is 3.94. The van der Waals surface area contributed by atoms with E-state index in [0.29, 0.717) is 5.88 Å². The molecule has 100 valence electrons. The number of benzene rings is 1. The van der Waals surface area contributed by atoms with Crippen LogP contribution in [0.5, 0.6) is 11.6 Å². The fraction of sp³-hybridized carbons (Fsp3) is 0.286. The minimum atomic E-state index is 0.590. The quantitative estimate of drug-likeness (QED) is 0.842. The van der Waals surface area contributed by atoms with E-state index in [2.05, 4.69) is 15.3 Å². The molecule has 0 bridgehead atoms. The second kappa shape index (κ2) is 6.43. The second-order valence-corrected chi connectivity index (χ2v) is 4.78. The van der Waals surface area contributed by atoms with Crippen LogP contribution >= 0.6 is 11.8 Å². The van der Waals surface area contributed by atoms with E-state index < -0.39 is 0 Å². The molecular weight excluding hydrogens is 258 g/mol. The van der Waals surface area contributed by atoms with Gasteiger partial charge in [0.25, 0.3) is 0 Å². The van der Waals surface area contributed by atoms with Crippen molar-refractivity contribution in [2.75, 3.05) is 18.1 Å². The maximum atomic E-state index is 5.91. The van der Waals surface area contributed by atoms with Gasteiger partial charge >= 0.3 is 0 Å². The fourth-order valence-corrected chi connectivity index (χ4v) is 2.22. The zero-order valence-electron chi connectivity index (χ0n) is 11.3. The highest BCUT2D eigenvalue weighted by atomic mass is 32.2. The van der Waals surface area contributed by atoms with Gasteiger partial charge in [0, 0.05) is 11.4 Å². The molecule has 2 rings (SSSR count). The minimum Gasteiger partial charge on any atom is -0.437 e. The molecule has 0 atom stereocenters. The lowest BCUT2D eigenvalue weighted by Crippen LogP contribution is -2.04. The van der Waals surface area contributed by atoms with Gasteiger partial charge in [-0.05, 0) is 32.2 Å². The van der Waals surface area contributed by atoms with Crippen molar-refractivity contribution in [1.82, 2.24) is 9.97 Å². The van der Waals surface area contributed by atoms with E-state index in [-0.39, 0.29) is 0 Å². The lowest BCUT2D eigenvalue weighted by molar-refractivity contribution is 0.447. The van der Waals surface area contributed by atoms with E-state index in [0.717, 1.165) is 28.6 Å². The van der Waals surface area contributed by atoms with Crippen LogP contribution in [0.1, 0.15) is 12.5 Å². The van der Waals surface area contributed by atoms with Gasteiger partial charge in [0.05, 0.1) is 5.56 Å². The third-order valence-electron chi connectivity index (χ3n) is 2.66. The lowest BCUT2D eigenvalue weighted by atomic mass is 10.3. The van der Waals surface area contributed by atoms with Gasteiger partial charge in [0.15, 0.2) is 0 Å². The van der Waals surface area contributed by atoms with Gasteiger partial charge in [-0.15, -0.1) is 11.8 Å². The Labute approximate surface area is 117 Å². The molecule has 0 saturated carbocycles. The number of aromatic nitrogens is 2. The molecule has 1 N–H and O–H groups in total. The van der Waals surface area contributed by atoms with Crippen LogP contribution in [0.15, 0.2) is 35.5 Å². The first-order valence-electron chi connectivity index (χ1n) is 6.12. The average Bonchev–Trinajstić information content (AvgIpc) is 2.44. The molecule has 0 spiro atoms. The molecule has 1 aromatic heterocycles. The van der Waals surface area contributed by atoms with Crippen molar-refractivity contribution in [3.05, 3.63) is 36.2 Å². The molecule has 5 heteroatoms. The van der Waals surface area contributed by atoms with Gasteiger partial charge in [-0.1, -0.05) is 12.1 Å². The molecule has 0 amide bonds. The molecule has 0 aliphatic carbocycles. The van der Waals surface area contributed by atoms with Crippen molar-refractivity contribution in [2.45, 2.75) is 18.7 Å². The van der Waals surface area contributed by atoms with Gasteiger partial charge in [-0.2, -0.15) is 0 Å². The highest BCUT2D eigenvalue weighted by molar-refractivity contribution is 7.98. The highest BCUT2D eigenvalue weighted by Gasteiger charge is 2.10. The number of nitrogens with zero attached hydrogens (tertiary/aromatic N) is 2. The van der Waals surface area contributed by atoms with Crippen LogP contribution in [-0.2, 0) is 0 Å². The summed E-state index contributed by atoms with van der Waals surface area (Å²) in [5, 5.41) is 3.19. The van der Waals surface area contributed by atoms with Crippen molar-refractivity contribution < 1.29 is 4.74 Å². The van der Waals surface area contributed by atoms with Gasteiger partial charge < -0.3 is 10.1 Å². The molecule has 0 fully saturated rings. The minimum absolute atomic E-state index is 0.590. The molecule has 0 saturated heterocycles. The third kappa shape index (κ3) is 3.17. The van der Waals surface area contributed by atoms with E-state index in [9.17, 15) is 0 Å². The SMILES string of the molecule is CCNc1ncnc(Oc2ccccc2SC)c1C. The number of nitrogens with one attached hydrogen (secondary N) is 1. The molecule has 1 heterocycles. The number of anilines is 1. The summed E-state index contributed by atoms with van der Waals surface area (Å²) in [6, 6.07) is 7.93. The predicted molar refractivity (Wildman–Crippen MR) is 79.2 cm³/mol. The van der Waals surface area contributed by atoms with Crippen molar-refractivity contribution in [2.24, 2.45) is 0 Å². The Morgan fingerprint density at radius 3 is 2.79 bits per heavy atom. The van der Waals surface area contributed by atoms with Crippen molar-refractivity contribution >= 4 is 17.6 Å². The molecule has 0 unspecified atom stereocenters. The van der Waals surface area contributed by atoms with Gasteiger partial charge in [-0.25, -0.2) is 9.97 Å². The number of hydrogen-bond donors (Lipinski definition) is 1. The zero-order chi connectivity index (χ0) is 13.7. The number of ether oxygens (including phenoxy) is 1. The van der Waals surface area contributed by atoms with Crippen molar-refractivity contribution in [1.29, 1.82) is 0 Å². The number of rotatable bonds is 5. The summed E-state index contributed by atoms with van der Waals surface area (Å²) in [5.41, 5.74) is 0.917. The molecular formula is C14H17N3OS. The van der Waals surface area contributed by atoms with Crippen LogP contribution < -0.4 is 10.1 Å². The smallest absolute Gasteiger partial charge is 0.227 e. The standard InChI is InChI=1S/C14H17N3OS/c1-4-15-13-10(2)14(17-9-16-13)18-11-7-5-6-8-12(11)19-3/h5-9H,4H2,1-3H3,(H,15,16,17).